The standard InChI is InChI=1S/C19H17ClN2O3S/c1-12-14(20)8-5-9-15(12)21-17(23)11-26-16-10-18(24)22(19(16)25)13-6-3-2-4-7-13/h2-9,16H,10-11H2,1H3,(H,21,23)/t16-/m0/s1. The summed E-state index contributed by atoms with van der Waals surface area (Å²) in [6, 6.07) is 14.1. The van der Waals surface area contributed by atoms with Crippen LogP contribution in [-0.2, 0) is 14.4 Å². The molecule has 0 radical (unpaired) electrons. The second-order valence-electron chi connectivity index (χ2n) is 5.87. The van der Waals surface area contributed by atoms with Gasteiger partial charge in [0.1, 0.15) is 0 Å². The molecule has 26 heavy (non-hydrogen) atoms. The van der Waals surface area contributed by atoms with Crippen molar-refractivity contribution in [3.05, 3.63) is 59.1 Å². The van der Waals surface area contributed by atoms with E-state index >= 15 is 0 Å². The predicted molar refractivity (Wildman–Crippen MR) is 105 cm³/mol. The first-order chi connectivity index (χ1) is 12.5. The Bertz CT molecular complexity index is 857. The van der Waals surface area contributed by atoms with Crippen molar-refractivity contribution < 1.29 is 14.4 Å². The summed E-state index contributed by atoms with van der Waals surface area (Å²) in [5.41, 5.74) is 1.99. The van der Waals surface area contributed by atoms with E-state index in [1.54, 1.807) is 42.5 Å². The lowest BCUT2D eigenvalue weighted by Gasteiger charge is -2.14. The Balaban J connectivity index is 1.60. The Hall–Kier alpha value is -2.31. The van der Waals surface area contributed by atoms with Gasteiger partial charge in [0.25, 0.3) is 0 Å². The minimum Gasteiger partial charge on any atom is -0.325 e. The van der Waals surface area contributed by atoms with Crippen LogP contribution in [0.3, 0.4) is 0 Å². The SMILES string of the molecule is Cc1c(Cl)cccc1NC(=O)CS[C@H]1CC(=O)N(c2ccccc2)C1=O. The Morgan fingerprint density at radius 2 is 1.92 bits per heavy atom. The third kappa shape index (κ3) is 3.92. The summed E-state index contributed by atoms with van der Waals surface area (Å²) in [7, 11) is 0. The summed E-state index contributed by atoms with van der Waals surface area (Å²) in [6.45, 7) is 1.82. The molecule has 2 aromatic carbocycles. The molecule has 0 spiro atoms. The molecule has 1 atom stereocenters. The highest BCUT2D eigenvalue weighted by molar-refractivity contribution is 8.01. The number of carbonyl (C=O) groups is 3. The Kier molecular flexibility index (Phi) is 5.64. The number of hydrogen-bond donors (Lipinski definition) is 1. The Morgan fingerprint density at radius 1 is 1.19 bits per heavy atom. The maximum Gasteiger partial charge on any atom is 0.247 e. The Morgan fingerprint density at radius 3 is 2.65 bits per heavy atom. The van der Waals surface area contributed by atoms with Crippen LogP contribution in [0.15, 0.2) is 48.5 Å². The average molecular weight is 389 g/mol. The fourth-order valence-electron chi connectivity index (χ4n) is 2.69. The quantitative estimate of drug-likeness (QED) is 0.794. The van der Waals surface area contributed by atoms with E-state index in [4.69, 9.17) is 11.6 Å². The van der Waals surface area contributed by atoms with Gasteiger partial charge in [-0.25, -0.2) is 4.90 Å². The van der Waals surface area contributed by atoms with E-state index in [2.05, 4.69) is 5.32 Å². The van der Waals surface area contributed by atoms with E-state index in [1.165, 1.54) is 16.7 Å². The van der Waals surface area contributed by atoms with Gasteiger partial charge in [-0.15, -0.1) is 11.8 Å². The number of amides is 3. The van der Waals surface area contributed by atoms with Crippen molar-refractivity contribution in [2.75, 3.05) is 16.0 Å². The van der Waals surface area contributed by atoms with Crippen LogP contribution in [0.2, 0.25) is 5.02 Å². The lowest BCUT2D eigenvalue weighted by Crippen LogP contribution is -2.31. The molecule has 0 bridgehead atoms. The zero-order chi connectivity index (χ0) is 18.7. The predicted octanol–water partition coefficient (Wildman–Crippen LogP) is 3.65. The fraction of sp³-hybridized carbons (Fsp3) is 0.211. The van der Waals surface area contributed by atoms with E-state index in [9.17, 15) is 14.4 Å². The van der Waals surface area contributed by atoms with Crippen molar-refractivity contribution in [2.24, 2.45) is 0 Å². The number of para-hydroxylation sites is 1. The molecule has 134 valence electrons. The molecular formula is C19H17ClN2O3S. The van der Waals surface area contributed by atoms with Gasteiger partial charge in [0.2, 0.25) is 17.7 Å². The molecule has 2 aromatic rings. The van der Waals surface area contributed by atoms with E-state index in [0.717, 1.165) is 5.56 Å². The van der Waals surface area contributed by atoms with E-state index in [-0.39, 0.29) is 29.9 Å². The number of nitrogens with one attached hydrogen (secondary N) is 1. The van der Waals surface area contributed by atoms with Crippen molar-refractivity contribution in [3.63, 3.8) is 0 Å². The molecule has 1 aliphatic heterocycles. The van der Waals surface area contributed by atoms with Crippen LogP contribution < -0.4 is 10.2 Å². The van der Waals surface area contributed by atoms with E-state index < -0.39 is 5.25 Å². The van der Waals surface area contributed by atoms with Crippen molar-refractivity contribution in [3.8, 4) is 0 Å². The van der Waals surface area contributed by atoms with Gasteiger partial charge in [0.15, 0.2) is 0 Å². The van der Waals surface area contributed by atoms with Crippen molar-refractivity contribution >= 4 is 52.5 Å². The molecule has 1 heterocycles. The van der Waals surface area contributed by atoms with Gasteiger partial charge in [0, 0.05) is 17.1 Å². The molecule has 3 rings (SSSR count). The normalized spacial score (nSPS) is 16.8. The Labute approximate surface area is 160 Å². The fourth-order valence-corrected chi connectivity index (χ4v) is 3.80. The molecule has 0 unspecified atom stereocenters. The maximum atomic E-state index is 12.5. The largest absolute Gasteiger partial charge is 0.325 e. The number of imide groups is 1. The van der Waals surface area contributed by atoms with Crippen LogP contribution in [0.4, 0.5) is 11.4 Å². The second kappa shape index (κ2) is 7.93. The van der Waals surface area contributed by atoms with Crippen LogP contribution in [-0.4, -0.2) is 28.7 Å². The molecule has 0 saturated carbocycles. The topological polar surface area (TPSA) is 66.5 Å². The lowest BCUT2D eigenvalue weighted by molar-refractivity contribution is -0.121. The van der Waals surface area contributed by atoms with Gasteiger partial charge in [-0.3, -0.25) is 14.4 Å². The van der Waals surface area contributed by atoms with Gasteiger partial charge in [-0.2, -0.15) is 0 Å². The van der Waals surface area contributed by atoms with Crippen LogP contribution in [0.1, 0.15) is 12.0 Å². The minimum absolute atomic E-state index is 0.0816. The maximum absolute atomic E-state index is 12.5. The molecule has 1 N–H and O–H groups in total. The molecular weight excluding hydrogens is 372 g/mol. The monoisotopic (exact) mass is 388 g/mol. The van der Waals surface area contributed by atoms with E-state index in [1.807, 2.05) is 13.0 Å². The number of thioether (sulfide) groups is 1. The summed E-state index contributed by atoms with van der Waals surface area (Å²) in [5.74, 6) is -0.681. The molecule has 0 aromatic heterocycles. The van der Waals surface area contributed by atoms with Crippen LogP contribution in [0.5, 0.6) is 0 Å². The summed E-state index contributed by atoms with van der Waals surface area (Å²) >= 11 is 7.22. The molecule has 3 amide bonds. The van der Waals surface area contributed by atoms with Crippen LogP contribution >= 0.6 is 23.4 Å². The molecule has 1 aliphatic rings. The highest BCUT2D eigenvalue weighted by Crippen LogP contribution is 2.30. The third-order valence-electron chi connectivity index (χ3n) is 4.08. The molecule has 1 saturated heterocycles. The van der Waals surface area contributed by atoms with Gasteiger partial charge in [-0.05, 0) is 36.8 Å². The van der Waals surface area contributed by atoms with Crippen molar-refractivity contribution in [1.29, 1.82) is 0 Å². The minimum atomic E-state index is -0.547. The van der Waals surface area contributed by atoms with Gasteiger partial charge in [-0.1, -0.05) is 35.9 Å². The van der Waals surface area contributed by atoms with Crippen LogP contribution in [0.25, 0.3) is 0 Å². The number of hydrogen-bond acceptors (Lipinski definition) is 4. The number of benzene rings is 2. The molecule has 1 fully saturated rings. The molecule has 0 aliphatic carbocycles. The summed E-state index contributed by atoms with van der Waals surface area (Å²) in [5, 5.41) is 2.82. The van der Waals surface area contributed by atoms with Crippen LogP contribution in [0, 0.1) is 6.92 Å². The van der Waals surface area contributed by atoms with Gasteiger partial charge < -0.3 is 5.32 Å². The number of halogens is 1. The highest BCUT2D eigenvalue weighted by atomic mass is 35.5. The first-order valence-corrected chi connectivity index (χ1v) is 9.48. The first-order valence-electron chi connectivity index (χ1n) is 8.06. The zero-order valence-electron chi connectivity index (χ0n) is 14.1. The zero-order valence-corrected chi connectivity index (χ0v) is 15.6. The first kappa shape index (κ1) is 18.5. The van der Waals surface area contributed by atoms with Crippen molar-refractivity contribution in [2.45, 2.75) is 18.6 Å². The summed E-state index contributed by atoms with van der Waals surface area (Å²) < 4.78 is 0. The number of rotatable bonds is 5. The average Bonchev–Trinajstić information content (AvgIpc) is 2.91. The molecule has 5 nitrogen and oxygen atoms in total. The molecule has 7 heteroatoms. The highest BCUT2D eigenvalue weighted by Gasteiger charge is 2.39. The summed E-state index contributed by atoms with van der Waals surface area (Å²) in [4.78, 5) is 38.1. The van der Waals surface area contributed by atoms with Crippen molar-refractivity contribution in [1.82, 2.24) is 0 Å². The van der Waals surface area contributed by atoms with E-state index in [0.29, 0.717) is 16.4 Å². The number of nitrogens with zero attached hydrogens (tertiary/aromatic N) is 1. The second-order valence-corrected chi connectivity index (χ2v) is 7.47. The lowest BCUT2D eigenvalue weighted by atomic mass is 10.2. The number of carbonyl (C=O) groups excluding carboxylic acids is 3. The number of anilines is 2. The van der Waals surface area contributed by atoms with Gasteiger partial charge >= 0.3 is 0 Å². The third-order valence-corrected chi connectivity index (χ3v) is 5.69. The smallest absolute Gasteiger partial charge is 0.247 e. The summed E-state index contributed by atoms with van der Waals surface area (Å²) in [6.07, 6.45) is 0.0991. The van der Waals surface area contributed by atoms with Gasteiger partial charge in [0.05, 0.1) is 16.7 Å².